The number of fused-ring (bicyclic) bond motifs is 1. The van der Waals surface area contributed by atoms with Crippen LogP contribution in [0.3, 0.4) is 0 Å². The summed E-state index contributed by atoms with van der Waals surface area (Å²) in [6.45, 7) is 3.92. The molecule has 1 aromatic rings. The first kappa shape index (κ1) is 9.22. The summed E-state index contributed by atoms with van der Waals surface area (Å²) in [5.74, 6) is 1.06. The minimum atomic E-state index is -0.0352. The van der Waals surface area contributed by atoms with Crippen molar-refractivity contribution in [2.24, 2.45) is 0 Å². The molecular formula is C13H16O2. The van der Waals surface area contributed by atoms with Crippen molar-refractivity contribution < 1.29 is 9.47 Å². The molecule has 2 aliphatic rings. The number of rotatable bonds is 1. The van der Waals surface area contributed by atoms with Gasteiger partial charge in [0, 0.05) is 6.42 Å². The summed E-state index contributed by atoms with van der Waals surface area (Å²) >= 11 is 0. The number of hydrogen-bond donors (Lipinski definition) is 0. The molecular weight excluding hydrogens is 188 g/mol. The molecule has 2 nitrogen and oxygen atoms in total. The van der Waals surface area contributed by atoms with Gasteiger partial charge in [-0.2, -0.15) is 0 Å². The second-order valence-corrected chi connectivity index (χ2v) is 4.60. The molecule has 1 atom stereocenters. The summed E-state index contributed by atoms with van der Waals surface area (Å²) in [6, 6.07) is 6.49. The zero-order chi connectivity index (χ0) is 10.3. The number of benzene rings is 1. The Morgan fingerprint density at radius 3 is 2.87 bits per heavy atom. The molecule has 0 radical (unpaired) electrons. The summed E-state index contributed by atoms with van der Waals surface area (Å²) in [5.41, 5.74) is 2.61. The highest BCUT2D eigenvalue weighted by molar-refractivity contribution is 5.40. The highest BCUT2D eigenvalue weighted by Gasteiger charge is 2.35. The van der Waals surface area contributed by atoms with E-state index < -0.39 is 0 Å². The average Bonchev–Trinajstić information content (AvgIpc) is 2.25. The fraction of sp³-hybridized carbons (Fsp3) is 0.538. The molecule has 15 heavy (non-hydrogen) atoms. The molecule has 1 unspecified atom stereocenters. The first-order valence-corrected chi connectivity index (χ1v) is 5.68. The Kier molecular flexibility index (Phi) is 1.99. The fourth-order valence-corrected chi connectivity index (χ4v) is 2.33. The van der Waals surface area contributed by atoms with Gasteiger partial charge < -0.3 is 9.47 Å². The van der Waals surface area contributed by atoms with Crippen LogP contribution in [-0.2, 0) is 16.8 Å². The fourth-order valence-electron chi connectivity index (χ4n) is 2.33. The molecule has 80 valence electrons. The Hall–Kier alpha value is -1.02. The van der Waals surface area contributed by atoms with Crippen LogP contribution in [0.25, 0.3) is 0 Å². The van der Waals surface area contributed by atoms with E-state index in [0.717, 1.165) is 38.2 Å². The summed E-state index contributed by atoms with van der Waals surface area (Å²) in [7, 11) is 0. The highest BCUT2D eigenvalue weighted by Crippen LogP contribution is 2.39. The van der Waals surface area contributed by atoms with Crippen LogP contribution < -0.4 is 4.74 Å². The van der Waals surface area contributed by atoms with E-state index in [1.54, 1.807) is 0 Å². The Bertz CT molecular complexity index is 380. The van der Waals surface area contributed by atoms with E-state index in [-0.39, 0.29) is 5.60 Å². The SMILES string of the molecule is CC1(c2ccc3c(c2)CCCO3)CCO1. The Balaban J connectivity index is 1.97. The van der Waals surface area contributed by atoms with Crippen LogP contribution >= 0.6 is 0 Å². The predicted octanol–water partition coefficient (Wildman–Crippen LogP) is 2.65. The van der Waals surface area contributed by atoms with Gasteiger partial charge >= 0.3 is 0 Å². The number of aryl methyl sites for hydroxylation is 1. The minimum absolute atomic E-state index is 0.0352. The van der Waals surface area contributed by atoms with E-state index >= 15 is 0 Å². The lowest BCUT2D eigenvalue weighted by atomic mass is 9.87. The third-order valence-electron chi connectivity index (χ3n) is 3.52. The molecule has 0 aromatic heterocycles. The zero-order valence-electron chi connectivity index (χ0n) is 9.08. The van der Waals surface area contributed by atoms with Crippen LogP contribution in [0.2, 0.25) is 0 Å². The molecule has 0 saturated carbocycles. The van der Waals surface area contributed by atoms with E-state index in [9.17, 15) is 0 Å². The van der Waals surface area contributed by atoms with Crippen LogP contribution in [-0.4, -0.2) is 13.2 Å². The van der Waals surface area contributed by atoms with Crippen molar-refractivity contribution in [3.63, 3.8) is 0 Å². The van der Waals surface area contributed by atoms with Gasteiger partial charge in [-0.3, -0.25) is 0 Å². The van der Waals surface area contributed by atoms with Crippen molar-refractivity contribution in [1.82, 2.24) is 0 Å². The molecule has 3 rings (SSSR count). The minimum Gasteiger partial charge on any atom is -0.493 e. The summed E-state index contributed by atoms with van der Waals surface area (Å²) in [5, 5.41) is 0. The van der Waals surface area contributed by atoms with Gasteiger partial charge in [-0.15, -0.1) is 0 Å². The average molecular weight is 204 g/mol. The van der Waals surface area contributed by atoms with E-state index in [0.29, 0.717) is 0 Å². The van der Waals surface area contributed by atoms with E-state index in [4.69, 9.17) is 9.47 Å². The maximum absolute atomic E-state index is 5.65. The van der Waals surface area contributed by atoms with Gasteiger partial charge in [0.15, 0.2) is 0 Å². The van der Waals surface area contributed by atoms with Gasteiger partial charge in [-0.1, -0.05) is 6.07 Å². The lowest BCUT2D eigenvalue weighted by molar-refractivity contribution is -0.140. The Morgan fingerprint density at radius 1 is 1.27 bits per heavy atom. The molecule has 2 heteroatoms. The van der Waals surface area contributed by atoms with Gasteiger partial charge in [0.1, 0.15) is 5.75 Å². The Morgan fingerprint density at radius 2 is 2.13 bits per heavy atom. The van der Waals surface area contributed by atoms with Gasteiger partial charge in [0.25, 0.3) is 0 Å². The Labute approximate surface area is 90.2 Å². The number of ether oxygens (including phenoxy) is 2. The quantitative estimate of drug-likeness (QED) is 0.700. The van der Waals surface area contributed by atoms with Crippen molar-refractivity contribution in [3.05, 3.63) is 29.3 Å². The predicted molar refractivity (Wildman–Crippen MR) is 58.2 cm³/mol. The molecule has 0 aliphatic carbocycles. The molecule has 0 N–H and O–H groups in total. The molecule has 1 saturated heterocycles. The first-order valence-electron chi connectivity index (χ1n) is 5.68. The van der Waals surface area contributed by atoms with Crippen LogP contribution in [0.15, 0.2) is 18.2 Å². The van der Waals surface area contributed by atoms with Crippen LogP contribution in [0, 0.1) is 0 Å². The summed E-state index contributed by atoms with van der Waals surface area (Å²) in [4.78, 5) is 0. The molecule has 1 fully saturated rings. The van der Waals surface area contributed by atoms with Crippen LogP contribution in [0.4, 0.5) is 0 Å². The summed E-state index contributed by atoms with van der Waals surface area (Å²) < 4.78 is 11.3. The monoisotopic (exact) mass is 204 g/mol. The van der Waals surface area contributed by atoms with Crippen molar-refractivity contribution >= 4 is 0 Å². The first-order chi connectivity index (χ1) is 7.28. The standard InChI is InChI=1S/C13H16O2/c1-13(6-8-15-13)11-4-5-12-10(9-11)3-2-7-14-12/h4-5,9H,2-3,6-8H2,1H3. The topological polar surface area (TPSA) is 18.5 Å². The molecule has 2 aliphatic heterocycles. The van der Waals surface area contributed by atoms with E-state index in [2.05, 4.69) is 25.1 Å². The lowest BCUT2D eigenvalue weighted by Crippen LogP contribution is -2.37. The van der Waals surface area contributed by atoms with Gasteiger partial charge in [-0.25, -0.2) is 0 Å². The molecule has 0 spiro atoms. The van der Waals surface area contributed by atoms with E-state index in [1.807, 2.05) is 0 Å². The van der Waals surface area contributed by atoms with Crippen LogP contribution in [0.1, 0.15) is 30.9 Å². The van der Waals surface area contributed by atoms with Crippen molar-refractivity contribution in [1.29, 1.82) is 0 Å². The van der Waals surface area contributed by atoms with Gasteiger partial charge in [0.05, 0.1) is 18.8 Å². The van der Waals surface area contributed by atoms with Gasteiger partial charge in [0.2, 0.25) is 0 Å². The molecule has 2 heterocycles. The lowest BCUT2D eigenvalue weighted by Gasteiger charge is -2.39. The van der Waals surface area contributed by atoms with Crippen molar-refractivity contribution in [2.45, 2.75) is 31.8 Å². The maximum Gasteiger partial charge on any atom is 0.122 e. The second kappa shape index (κ2) is 3.24. The zero-order valence-corrected chi connectivity index (χ0v) is 9.08. The highest BCUT2D eigenvalue weighted by atomic mass is 16.5. The smallest absolute Gasteiger partial charge is 0.122 e. The van der Waals surface area contributed by atoms with E-state index in [1.165, 1.54) is 11.1 Å². The van der Waals surface area contributed by atoms with Crippen molar-refractivity contribution in [3.8, 4) is 5.75 Å². The summed E-state index contributed by atoms with van der Waals surface area (Å²) in [6.07, 6.45) is 3.40. The largest absolute Gasteiger partial charge is 0.493 e. The maximum atomic E-state index is 5.65. The third-order valence-corrected chi connectivity index (χ3v) is 3.52. The second-order valence-electron chi connectivity index (χ2n) is 4.60. The third kappa shape index (κ3) is 1.44. The molecule has 1 aromatic carbocycles. The van der Waals surface area contributed by atoms with Crippen molar-refractivity contribution in [2.75, 3.05) is 13.2 Å². The molecule has 0 amide bonds. The number of hydrogen-bond acceptors (Lipinski definition) is 2. The van der Waals surface area contributed by atoms with Gasteiger partial charge in [-0.05, 0) is 43.0 Å². The van der Waals surface area contributed by atoms with Crippen LogP contribution in [0.5, 0.6) is 5.75 Å². The molecule has 0 bridgehead atoms. The normalized spacial score (nSPS) is 28.9.